The van der Waals surface area contributed by atoms with E-state index in [1.54, 1.807) is 47.5 Å². The number of rotatable bonds is 4. The lowest BCUT2D eigenvalue weighted by Gasteiger charge is -2.03. The lowest BCUT2D eigenvalue weighted by atomic mass is 10.3. The van der Waals surface area contributed by atoms with Crippen LogP contribution in [0.3, 0.4) is 0 Å². The van der Waals surface area contributed by atoms with Crippen LogP contribution in [-0.4, -0.2) is 35.3 Å². The Bertz CT molecular complexity index is 685. The zero-order valence-corrected chi connectivity index (χ0v) is 11.1. The molecule has 0 aliphatic rings. The first-order valence-corrected chi connectivity index (χ1v) is 6.77. The van der Waals surface area contributed by atoms with Crippen LogP contribution in [0.2, 0.25) is 0 Å². The number of aromatic nitrogens is 6. The number of benzene rings is 1. The normalized spacial score (nSPS) is 10.6. The smallest absolute Gasteiger partial charge is 0.214 e. The Morgan fingerprint density at radius 2 is 2.00 bits per heavy atom. The largest absolute Gasteiger partial charge is 0.508 e. The van der Waals surface area contributed by atoms with Gasteiger partial charge in [-0.25, -0.2) is 0 Å². The van der Waals surface area contributed by atoms with Crippen molar-refractivity contribution in [1.82, 2.24) is 30.2 Å². The maximum atomic E-state index is 9.29. The molecule has 0 amide bonds. The molecule has 1 aromatic carbocycles. The third-order valence-corrected chi connectivity index (χ3v) is 3.45. The second-order valence-electron chi connectivity index (χ2n) is 3.88. The summed E-state index contributed by atoms with van der Waals surface area (Å²) < 4.78 is 1.61. The lowest BCUT2D eigenvalue weighted by molar-refractivity contribution is 0.475. The van der Waals surface area contributed by atoms with E-state index in [1.807, 2.05) is 0 Å². The van der Waals surface area contributed by atoms with Crippen LogP contribution in [0.1, 0.15) is 5.69 Å². The number of phenolic OH excluding ortho intramolecular Hbond substituents is 1. The van der Waals surface area contributed by atoms with Crippen molar-refractivity contribution >= 4 is 11.8 Å². The first-order chi connectivity index (χ1) is 9.83. The molecule has 8 heteroatoms. The van der Waals surface area contributed by atoms with Crippen LogP contribution in [0, 0.1) is 0 Å². The fourth-order valence-electron chi connectivity index (χ4n) is 1.57. The van der Waals surface area contributed by atoms with Gasteiger partial charge in [-0.1, -0.05) is 11.8 Å². The average Bonchev–Trinajstić information content (AvgIpc) is 2.95. The highest BCUT2D eigenvalue weighted by Crippen LogP contribution is 2.22. The van der Waals surface area contributed by atoms with Gasteiger partial charge in [0.15, 0.2) is 0 Å². The number of tetrazole rings is 1. The third-order valence-electron chi connectivity index (χ3n) is 2.50. The van der Waals surface area contributed by atoms with Crippen molar-refractivity contribution in [3.05, 3.63) is 48.5 Å². The second-order valence-corrected chi connectivity index (χ2v) is 4.82. The molecule has 0 fully saturated rings. The van der Waals surface area contributed by atoms with Crippen LogP contribution in [0.15, 0.2) is 48.0 Å². The van der Waals surface area contributed by atoms with Gasteiger partial charge in [-0.05, 0) is 34.7 Å². The van der Waals surface area contributed by atoms with Gasteiger partial charge >= 0.3 is 0 Å². The van der Waals surface area contributed by atoms with Gasteiger partial charge in [-0.3, -0.25) is 9.97 Å². The molecule has 0 saturated heterocycles. The summed E-state index contributed by atoms with van der Waals surface area (Å²) in [5.41, 5.74) is 1.65. The predicted octanol–water partition coefficient (Wildman–Crippen LogP) is 1.45. The Labute approximate surface area is 118 Å². The summed E-state index contributed by atoms with van der Waals surface area (Å²) >= 11 is 1.47. The molecule has 0 atom stereocenters. The summed E-state index contributed by atoms with van der Waals surface area (Å²) in [4.78, 5) is 8.21. The molecule has 3 aromatic rings. The molecule has 0 unspecified atom stereocenters. The topological polar surface area (TPSA) is 89.6 Å². The molecule has 0 aliphatic heterocycles. The van der Waals surface area contributed by atoms with Gasteiger partial charge in [0.2, 0.25) is 5.16 Å². The van der Waals surface area contributed by atoms with E-state index in [9.17, 15) is 5.11 Å². The minimum atomic E-state index is 0.204. The fourth-order valence-corrected chi connectivity index (χ4v) is 2.35. The van der Waals surface area contributed by atoms with Crippen molar-refractivity contribution in [2.75, 3.05) is 0 Å². The van der Waals surface area contributed by atoms with Crippen molar-refractivity contribution in [3.63, 3.8) is 0 Å². The van der Waals surface area contributed by atoms with E-state index in [0.717, 1.165) is 11.4 Å². The molecule has 2 heterocycles. The van der Waals surface area contributed by atoms with E-state index in [2.05, 4.69) is 25.5 Å². The van der Waals surface area contributed by atoms with Crippen LogP contribution >= 0.6 is 11.8 Å². The van der Waals surface area contributed by atoms with E-state index >= 15 is 0 Å². The maximum Gasteiger partial charge on any atom is 0.214 e. The summed E-state index contributed by atoms with van der Waals surface area (Å²) in [5.74, 6) is 0.835. The molecule has 0 saturated carbocycles. The molecule has 3 rings (SSSR count). The zero-order chi connectivity index (χ0) is 13.8. The molecular weight excluding hydrogens is 276 g/mol. The fraction of sp³-hybridized carbons (Fsp3) is 0.0833. The minimum absolute atomic E-state index is 0.204. The van der Waals surface area contributed by atoms with Gasteiger partial charge in [0.1, 0.15) is 5.75 Å². The van der Waals surface area contributed by atoms with Crippen molar-refractivity contribution in [1.29, 1.82) is 0 Å². The molecule has 0 bridgehead atoms. The molecule has 1 N–H and O–H groups in total. The minimum Gasteiger partial charge on any atom is -0.508 e. The number of phenols is 1. The van der Waals surface area contributed by atoms with Gasteiger partial charge in [-0.15, -0.1) is 5.10 Å². The van der Waals surface area contributed by atoms with Gasteiger partial charge in [0.05, 0.1) is 11.4 Å². The molecular formula is C12H10N6OS. The molecule has 100 valence electrons. The summed E-state index contributed by atoms with van der Waals surface area (Å²) in [5, 5.41) is 21.6. The first-order valence-electron chi connectivity index (χ1n) is 5.78. The summed E-state index contributed by atoms with van der Waals surface area (Å²) in [6.45, 7) is 0. The van der Waals surface area contributed by atoms with Crippen molar-refractivity contribution < 1.29 is 5.11 Å². The number of hydrogen-bond acceptors (Lipinski definition) is 7. The highest BCUT2D eigenvalue weighted by atomic mass is 32.2. The van der Waals surface area contributed by atoms with Crippen molar-refractivity contribution in [2.45, 2.75) is 10.9 Å². The van der Waals surface area contributed by atoms with Gasteiger partial charge < -0.3 is 5.11 Å². The Balaban J connectivity index is 1.78. The highest BCUT2D eigenvalue weighted by molar-refractivity contribution is 7.98. The van der Waals surface area contributed by atoms with E-state index in [0.29, 0.717) is 10.9 Å². The predicted molar refractivity (Wildman–Crippen MR) is 72.4 cm³/mol. The van der Waals surface area contributed by atoms with Gasteiger partial charge in [0, 0.05) is 24.3 Å². The SMILES string of the molecule is Oc1ccc(-n2nnnc2SCc2cnccn2)cc1. The number of aromatic hydroxyl groups is 1. The molecule has 0 radical (unpaired) electrons. The van der Waals surface area contributed by atoms with E-state index < -0.39 is 0 Å². The lowest BCUT2D eigenvalue weighted by Crippen LogP contribution is -1.99. The maximum absolute atomic E-state index is 9.29. The monoisotopic (exact) mass is 286 g/mol. The number of hydrogen-bond donors (Lipinski definition) is 1. The van der Waals surface area contributed by atoms with Crippen LogP contribution in [-0.2, 0) is 5.75 Å². The average molecular weight is 286 g/mol. The first kappa shape index (κ1) is 12.5. The van der Waals surface area contributed by atoms with Crippen LogP contribution < -0.4 is 0 Å². The summed E-state index contributed by atoms with van der Waals surface area (Å²) in [6, 6.07) is 6.68. The van der Waals surface area contributed by atoms with Crippen LogP contribution in [0.25, 0.3) is 5.69 Å². The Morgan fingerprint density at radius 3 is 2.75 bits per heavy atom. The van der Waals surface area contributed by atoms with Crippen LogP contribution in [0.4, 0.5) is 0 Å². The molecule has 0 spiro atoms. The zero-order valence-electron chi connectivity index (χ0n) is 10.3. The molecule has 0 aliphatic carbocycles. The Hall–Kier alpha value is -2.48. The van der Waals surface area contributed by atoms with Crippen molar-refractivity contribution in [3.8, 4) is 11.4 Å². The number of nitrogens with zero attached hydrogens (tertiary/aromatic N) is 6. The molecule has 2 aromatic heterocycles. The Morgan fingerprint density at radius 1 is 1.15 bits per heavy atom. The summed E-state index contributed by atoms with van der Waals surface area (Å²) in [7, 11) is 0. The quantitative estimate of drug-likeness (QED) is 0.726. The highest BCUT2D eigenvalue weighted by Gasteiger charge is 2.09. The third kappa shape index (κ3) is 2.75. The Kier molecular flexibility index (Phi) is 3.55. The second kappa shape index (κ2) is 5.66. The van der Waals surface area contributed by atoms with Gasteiger partial charge in [-0.2, -0.15) is 4.68 Å². The molecule has 7 nitrogen and oxygen atoms in total. The van der Waals surface area contributed by atoms with E-state index in [-0.39, 0.29) is 5.75 Å². The van der Waals surface area contributed by atoms with Crippen LogP contribution in [0.5, 0.6) is 5.75 Å². The van der Waals surface area contributed by atoms with Gasteiger partial charge in [0.25, 0.3) is 0 Å². The molecule has 20 heavy (non-hydrogen) atoms. The van der Waals surface area contributed by atoms with Crippen molar-refractivity contribution in [2.24, 2.45) is 0 Å². The summed E-state index contributed by atoms with van der Waals surface area (Å²) in [6.07, 6.45) is 5.00. The van der Waals surface area contributed by atoms with E-state index in [1.165, 1.54) is 11.8 Å². The van der Waals surface area contributed by atoms with E-state index in [4.69, 9.17) is 0 Å². The number of thioether (sulfide) groups is 1. The standard InChI is InChI=1S/C12H10N6OS/c19-11-3-1-10(2-4-11)18-12(15-16-17-18)20-8-9-7-13-5-6-14-9/h1-7,19H,8H2.